The summed E-state index contributed by atoms with van der Waals surface area (Å²) in [7, 11) is 0. The number of halogens is 1. The first-order valence-electron chi connectivity index (χ1n) is 16.8. The third-order valence-electron chi connectivity index (χ3n) is 8.70. The van der Waals surface area contributed by atoms with Gasteiger partial charge in [-0.25, -0.2) is 14.8 Å². The Hall–Kier alpha value is -4.10. The normalized spacial score (nSPS) is 20.1. The smallest absolute Gasteiger partial charge is 0.435 e. The summed E-state index contributed by atoms with van der Waals surface area (Å²) in [4.78, 5) is 22.1. The number of pyridine rings is 2. The van der Waals surface area contributed by atoms with Crippen LogP contribution in [0.2, 0.25) is 5.02 Å². The molecule has 16 heteroatoms. The first-order valence-corrected chi connectivity index (χ1v) is 17.2. The molecule has 3 N–H and O–H groups in total. The molecule has 0 amide bonds. The molecule has 1 saturated heterocycles. The maximum atomic E-state index is 11.5. The van der Waals surface area contributed by atoms with Crippen LogP contribution in [-0.4, -0.2) is 87.4 Å². The summed E-state index contributed by atoms with van der Waals surface area (Å²) in [6.45, 7) is 8.03. The lowest BCUT2D eigenvalue weighted by Crippen LogP contribution is -2.43. The van der Waals surface area contributed by atoms with E-state index < -0.39 is 17.8 Å². The van der Waals surface area contributed by atoms with Crippen molar-refractivity contribution in [3.8, 4) is 17.3 Å². The highest BCUT2D eigenvalue weighted by molar-refractivity contribution is 6.33. The molecule has 2 atom stereocenters. The number of carbonyl (C=O) groups is 1. The zero-order chi connectivity index (χ0) is 34.6. The molecule has 15 nitrogen and oxygen atoms in total. The van der Waals surface area contributed by atoms with E-state index in [1.54, 1.807) is 20.0 Å². The van der Waals surface area contributed by atoms with E-state index in [0.29, 0.717) is 61.9 Å². The fourth-order valence-corrected chi connectivity index (χ4v) is 6.14. The molecule has 2 fully saturated rings. The highest BCUT2D eigenvalue weighted by Crippen LogP contribution is 2.32. The summed E-state index contributed by atoms with van der Waals surface area (Å²) < 4.78 is 21.1. The number of anilines is 2. The highest BCUT2D eigenvalue weighted by atomic mass is 35.5. The number of ether oxygens (including phenoxy) is 4. The van der Waals surface area contributed by atoms with Crippen LogP contribution >= 0.6 is 11.6 Å². The Morgan fingerprint density at radius 3 is 2.71 bits per heavy atom. The van der Waals surface area contributed by atoms with Crippen molar-refractivity contribution >= 4 is 29.4 Å². The number of hydrogen-bond acceptors (Lipinski definition) is 14. The average molecular weight is 697 g/mol. The van der Waals surface area contributed by atoms with Gasteiger partial charge in [0.1, 0.15) is 18.2 Å². The second-order valence-electron chi connectivity index (χ2n) is 12.5. The molecular weight excluding hydrogens is 652 g/mol. The first-order chi connectivity index (χ1) is 23.8. The second-order valence-corrected chi connectivity index (χ2v) is 12.9. The third kappa shape index (κ3) is 10.4. The van der Waals surface area contributed by atoms with Crippen LogP contribution in [0.15, 0.2) is 30.5 Å². The summed E-state index contributed by atoms with van der Waals surface area (Å²) in [6.07, 6.45) is 5.56. The Balaban J connectivity index is 1.04. The zero-order valence-electron chi connectivity index (χ0n) is 28.2. The maximum absolute atomic E-state index is 11.5. The van der Waals surface area contributed by atoms with Gasteiger partial charge in [-0.3, -0.25) is 0 Å². The monoisotopic (exact) mass is 696 g/mol. The molecule has 3 aromatic rings. The summed E-state index contributed by atoms with van der Waals surface area (Å²) in [5, 5.41) is 33.1. The van der Waals surface area contributed by atoms with Crippen LogP contribution in [0.4, 0.5) is 16.4 Å². The molecule has 1 saturated carbocycles. The van der Waals surface area contributed by atoms with E-state index in [2.05, 4.69) is 49.3 Å². The molecular formula is C33H45ClN10O5. The van der Waals surface area contributed by atoms with Crippen molar-refractivity contribution in [2.24, 2.45) is 5.41 Å². The van der Waals surface area contributed by atoms with E-state index in [-0.39, 0.29) is 25.3 Å². The van der Waals surface area contributed by atoms with Crippen LogP contribution in [-0.2, 0) is 25.6 Å². The topological polar surface area (TPSA) is 183 Å². The molecule has 0 unspecified atom stereocenters. The van der Waals surface area contributed by atoms with Gasteiger partial charge in [-0.2, -0.15) is 5.26 Å². The molecule has 0 aromatic carbocycles. The van der Waals surface area contributed by atoms with Crippen molar-refractivity contribution in [2.45, 2.75) is 90.3 Å². The van der Waals surface area contributed by atoms with Gasteiger partial charge in [-0.1, -0.05) is 17.7 Å². The fraction of sp³-hybridized carbons (Fsp3) is 0.606. The van der Waals surface area contributed by atoms with Crippen LogP contribution in [0.1, 0.15) is 71.3 Å². The number of rotatable bonds is 15. The quantitative estimate of drug-likeness (QED) is 0.178. The molecule has 2 aliphatic rings. The minimum Gasteiger partial charge on any atom is -0.435 e. The van der Waals surface area contributed by atoms with Crippen LogP contribution in [0.5, 0.6) is 0 Å². The van der Waals surface area contributed by atoms with E-state index in [1.165, 1.54) is 4.80 Å². The Morgan fingerprint density at radius 2 is 1.96 bits per heavy atom. The lowest BCUT2D eigenvalue weighted by molar-refractivity contribution is -0.00552. The molecule has 0 spiro atoms. The Bertz CT molecular complexity index is 1550. The Kier molecular flexibility index (Phi) is 12.9. The minimum absolute atomic E-state index is 0.135. The predicted molar refractivity (Wildman–Crippen MR) is 182 cm³/mol. The zero-order valence-corrected chi connectivity index (χ0v) is 29.0. The van der Waals surface area contributed by atoms with Gasteiger partial charge < -0.3 is 34.9 Å². The Labute approximate surface area is 291 Å². The molecule has 264 valence electrons. The van der Waals surface area contributed by atoms with Crippen molar-refractivity contribution in [3.63, 3.8) is 0 Å². The number of hydrogen-bond donors (Lipinski definition) is 3. The van der Waals surface area contributed by atoms with Crippen molar-refractivity contribution in [1.82, 2.24) is 35.5 Å². The SMILES string of the molecule is CCOC(=O)O[C@@H](C)n1nnc(COC[C@H](C)NC2CCC(Nc3cc(-c4cccc(NCC5(C#N)CCOCC5)n4)c(Cl)cn3)CC2)n1. The molecule has 1 aliphatic carbocycles. The van der Waals surface area contributed by atoms with E-state index in [4.69, 9.17) is 35.5 Å². The van der Waals surface area contributed by atoms with Gasteiger partial charge in [0.25, 0.3) is 0 Å². The molecule has 5 rings (SSSR count). The number of nitriles is 1. The van der Waals surface area contributed by atoms with E-state index >= 15 is 0 Å². The van der Waals surface area contributed by atoms with E-state index in [0.717, 1.165) is 42.8 Å². The number of aromatic nitrogens is 6. The molecule has 49 heavy (non-hydrogen) atoms. The van der Waals surface area contributed by atoms with Crippen molar-refractivity contribution < 1.29 is 23.7 Å². The van der Waals surface area contributed by atoms with Gasteiger partial charge in [0.05, 0.1) is 35.4 Å². The van der Waals surface area contributed by atoms with Crippen LogP contribution in [0, 0.1) is 16.7 Å². The highest BCUT2D eigenvalue weighted by Gasteiger charge is 2.32. The largest absolute Gasteiger partial charge is 0.510 e. The van der Waals surface area contributed by atoms with Crippen molar-refractivity contribution in [1.29, 1.82) is 5.26 Å². The van der Waals surface area contributed by atoms with Crippen molar-refractivity contribution in [2.75, 3.05) is 43.6 Å². The summed E-state index contributed by atoms with van der Waals surface area (Å²) >= 11 is 6.59. The van der Waals surface area contributed by atoms with Gasteiger partial charge in [0.15, 0.2) is 0 Å². The van der Waals surface area contributed by atoms with Gasteiger partial charge in [0, 0.05) is 49.6 Å². The lowest BCUT2D eigenvalue weighted by atomic mass is 9.82. The lowest BCUT2D eigenvalue weighted by Gasteiger charge is -2.32. The first kappa shape index (κ1) is 36.2. The van der Waals surface area contributed by atoms with Crippen LogP contribution in [0.25, 0.3) is 11.3 Å². The summed E-state index contributed by atoms with van der Waals surface area (Å²) in [5.41, 5.74) is 1.08. The van der Waals surface area contributed by atoms with E-state index in [1.807, 2.05) is 24.3 Å². The van der Waals surface area contributed by atoms with Gasteiger partial charge >= 0.3 is 6.16 Å². The number of nitrogens with zero attached hydrogens (tertiary/aromatic N) is 7. The molecule has 3 aromatic heterocycles. The third-order valence-corrected chi connectivity index (χ3v) is 9.00. The van der Waals surface area contributed by atoms with E-state index in [9.17, 15) is 10.1 Å². The number of tetrazole rings is 1. The average Bonchev–Trinajstić information content (AvgIpc) is 3.59. The van der Waals surface area contributed by atoms with Gasteiger partial charge in [-0.15, -0.1) is 15.0 Å². The van der Waals surface area contributed by atoms with Gasteiger partial charge in [0.2, 0.25) is 12.1 Å². The standard InChI is InChI=1S/C33H45ClN10O5/c1-4-48-32(45)49-23(3)44-42-31(41-43-44)19-47-18-22(2)38-24-8-10-25(11-9-24)39-30-16-26(27(34)17-36-30)28-6-5-7-29(40-28)37-21-33(20-35)12-14-46-15-13-33/h5-7,16-17,22-25,38H,4,8-15,18-19,21H2,1-3H3,(H,36,39)(H,37,40)/t22-,23-,24?,25?/m0/s1. The fourth-order valence-electron chi connectivity index (χ4n) is 5.94. The number of carbonyl (C=O) groups excluding carboxylic acids is 1. The molecule has 0 radical (unpaired) electrons. The van der Waals surface area contributed by atoms with Gasteiger partial charge in [-0.05, 0) is 82.7 Å². The maximum Gasteiger partial charge on any atom is 0.510 e. The minimum atomic E-state index is -0.785. The number of nitrogens with one attached hydrogen (secondary N) is 3. The summed E-state index contributed by atoms with van der Waals surface area (Å²) in [5.74, 6) is 1.86. The second kappa shape index (κ2) is 17.5. The molecule has 4 heterocycles. The van der Waals surface area contributed by atoms with Crippen LogP contribution < -0.4 is 16.0 Å². The molecule has 1 aliphatic heterocycles. The summed E-state index contributed by atoms with van der Waals surface area (Å²) in [6, 6.07) is 11.0. The van der Waals surface area contributed by atoms with Crippen LogP contribution in [0.3, 0.4) is 0 Å². The Morgan fingerprint density at radius 1 is 1.18 bits per heavy atom. The van der Waals surface area contributed by atoms with Crippen molar-refractivity contribution in [3.05, 3.63) is 41.3 Å². The predicted octanol–water partition coefficient (Wildman–Crippen LogP) is 5.13. The molecule has 0 bridgehead atoms.